The number of hydrogen-bond donors (Lipinski definition) is 0. The van der Waals surface area contributed by atoms with E-state index in [-0.39, 0.29) is 41.9 Å². The number of esters is 2. The van der Waals surface area contributed by atoms with Gasteiger partial charge >= 0.3 is 11.9 Å². The summed E-state index contributed by atoms with van der Waals surface area (Å²) in [6.07, 6.45) is 3.15. The zero-order valence-corrected chi connectivity index (χ0v) is 13.9. The molecule has 0 N–H and O–H groups in total. The van der Waals surface area contributed by atoms with Gasteiger partial charge in [-0.3, -0.25) is 9.59 Å². The Bertz CT molecular complexity index is 489. The topological polar surface area (TPSA) is 61.8 Å². The molecule has 124 valence electrons. The Balaban J connectivity index is 2.02. The molecule has 22 heavy (non-hydrogen) atoms. The first-order chi connectivity index (χ1) is 10.5. The number of methoxy groups -OCH3 is 1. The van der Waals surface area contributed by atoms with Crippen LogP contribution in [-0.2, 0) is 23.8 Å². The van der Waals surface area contributed by atoms with Gasteiger partial charge in [-0.15, -0.1) is 0 Å². The summed E-state index contributed by atoms with van der Waals surface area (Å²) < 4.78 is 17.1. The first-order valence-corrected chi connectivity index (χ1v) is 8.45. The van der Waals surface area contributed by atoms with Crippen LogP contribution in [0.1, 0.15) is 52.9 Å². The molecule has 1 aliphatic carbocycles. The molecule has 5 heteroatoms. The zero-order valence-electron chi connectivity index (χ0n) is 13.9. The molecule has 0 radical (unpaired) electrons. The highest BCUT2D eigenvalue weighted by molar-refractivity contribution is 5.79. The van der Waals surface area contributed by atoms with Crippen molar-refractivity contribution >= 4 is 11.9 Å². The molecule has 0 aromatic heterocycles. The molecule has 5 nitrogen and oxygen atoms in total. The van der Waals surface area contributed by atoms with Crippen molar-refractivity contribution in [3.8, 4) is 0 Å². The van der Waals surface area contributed by atoms with Gasteiger partial charge in [0.1, 0.15) is 11.7 Å². The highest BCUT2D eigenvalue weighted by Gasteiger charge is 2.76. The maximum Gasteiger partial charge on any atom is 0.310 e. The fourth-order valence-electron chi connectivity index (χ4n) is 5.28. The molecule has 0 aromatic carbocycles. The summed E-state index contributed by atoms with van der Waals surface area (Å²) in [5.74, 6) is -0.0811. The summed E-state index contributed by atoms with van der Waals surface area (Å²) in [7, 11) is 1.38. The molecule has 3 fully saturated rings. The standard InChI is InChI=1S/C17H26O5/c1-5-10-9-16(6-2)14-13(10)15(19)22-17(14,7-3)11(21-16)8-12(18)20-4/h10-11,13-14H,5-9H2,1-4H3/t10-,11-,13+,14+,16-,17-/m1/s1. The summed E-state index contributed by atoms with van der Waals surface area (Å²) in [5, 5.41) is 0. The van der Waals surface area contributed by atoms with Gasteiger partial charge in [0.15, 0.2) is 0 Å². The molecule has 2 heterocycles. The van der Waals surface area contributed by atoms with E-state index < -0.39 is 5.60 Å². The molecule has 2 saturated heterocycles. The summed E-state index contributed by atoms with van der Waals surface area (Å²) in [6.45, 7) is 6.26. The third-order valence-electron chi connectivity index (χ3n) is 6.31. The van der Waals surface area contributed by atoms with Gasteiger partial charge in [-0.05, 0) is 25.2 Å². The fourth-order valence-corrected chi connectivity index (χ4v) is 5.28. The zero-order chi connectivity index (χ0) is 16.1. The average Bonchev–Trinajstić information content (AvgIpc) is 3.10. The van der Waals surface area contributed by atoms with E-state index in [0.717, 1.165) is 19.3 Å². The van der Waals surface area contributed by atoms with Crippen molar-refractivity contribution < 1.29 is 23.8 Å². The van der Waals surface area contributed by atoms with Crippen LogP contribution in [0.15, 0.2) is 0 Å². The Morgan fingerprint density at radius 3 is 2.59 bits per heavy atom. The molecule has 0 spiro atoms. The van der Waals surface area contributed by atoms with Gasteiger partial charge in [0.25, 0.3) is 0 Å². The second-order valence-corrected chi connectivity index (χ2v) is 6.91. The van der Waals surface area contributed by atoms with E-state index >= 15 is 0 Å². The third kappa shape index (κ3) is 1.81. The van der Waals surface area contributed by atoms with E-state index in [0.29, 0.717) is 12.3 Å². The van der Waals surface area contributed by atoms with E-state index in [9.17, 15) is 9.59 Å². The van der Waals surface area contributed by atoms with Crippen molar-refractivity contribution in [1.82, 2.24) is 0 Å². The maximum atomic E-state index is 12.5. The van der Waals surface area contributed by atoms with Gasteiger partial charge in [0.05, 0.1) is 25.0 Å². The molecule has 0 aromatic rings. The molecular formula is C17H26O5. The smallest absolute Gasteiger partial charge is 0.310 e. The number of hydrogen-bond acceptors (Lipinski definition) is 5. The first-order valence-electron chi connectivity index (χ1n) is 8.45. The predicted molar refractivity (Wildman–Crippen MR) is 79.0 cm³/mol. The van der Waals surface area contributed by atoms with Gasteiger partial charge in [-0.2, -0.15) is 0 Å². The molecular weight excluding hydrogens is 284 g/mol. The Morgan fingerprint density at radius 2 is 2.05 bits per heavy atom. The molecule has 6 atom stereocenters. The van der Waals surface area contributed by atoms with Crippen LogP contribution in [0.25, 0.3) is 0 Å². The van der Waals surface area contributed by atoms with Crippen LogP contribution in [-0.4, -0.2) is 36.4 Å². The molecule has 2 aliphatic heterocycles. The lowest BCUT2D eigenvalue weighted by Crippen LogP contribution is -2.44. The lowest BCUT2D eigenvalue weighted by molar-refractivity contribution is -0.165. The van der Waals surface area contributed by atoms with Crippen molar-refractivity contribution in [2.75, 3.05) is 7.11 Å². The van der Waals surface area contributed by atoms with E-state index in [1.54, 1.807) is 0 Å². The maximum absolute atomic E-state index is 12.5. The van der Waals surface area contributed by atoms with Crippen molar-refractivity contribution in [2.45, 2.75) is 70.2 Å². The van der Waals surface area contributed by atoms with Crippen molar-refractivity contribution in [3.05, 3.63) is 0 Å². The minimum absolute atomic E-state index is 0.0714. The van der Waals surface area contributed by atoms with Crippen LogP contribution in [0.2, 0.25) is 0 Å². The summed E-state index contributed by atoms with van der Waals surface area (Å²) in [4.78, 5) is 24.3. The van der Waals surface area contributed by atoms with E-state index in [4.69, 9.17) is 14.2 Å². The Morgan fingerprint density at radius 1 is 1.32 bits per heavy atom. The SMILES string of the molecule is CC[C@@H]1C[C@@]2(CC)O[C@H](CC(=O)OC)[C@@]3(CC)OC(=O)[C@@H]1[C@@H]23. The lowest BCUT2D eigenvalue weighted by Gasteiger charge is -2.31. The highest BCUT2D eigenvalue weighted by atomic mass is 16.6. The largest absolute Gasteiger partial charge is 0.469 e. The van der Waals surface area contributed by atoms with E-state index in [1.165, 1.54) is 7.11 Å². The Labute approximate surface area is 131 Å². The quantitative estimate of drug-likeness (QED) is 0.730. The van der Waals surface area contributed by atoms with Crippen LogP contribution in [0.5, 0.6) is 0 Å². The van der Waals surface area contributed by atoms with E-state index in [1.807, 2.05) is 6.92 Å². The van der Waals surface area contributed by atoms with Gasteiger partial charge in [-0.1, -0.05) is 27.2 Å². The van der Waals surface area contributed by atoms with Crippen LogP contribution in [0.3, 0.4) is 0 Å². The third-order valence-corrected chi connectivity index (χ3v) is 6.31. The van der Waals surface area contributed by atoms with E-state index in [2.05, 4.69) is 13.8 Å². The van der Waals surface area contributed by atoms with Crippen LogP contribution in [0.4, 0.5) is 0 Å². The monoisotopic (exact) mass is 310 g/mol. The van der Waals surface area contributed by atoms with Crippen molar-refractivity contribution in [2.24, 2.45) is 17.8 Å². The predicted octanol–water partition coefficient (Wildman–Crippen LogP) is 2.47. The van der Waals surface area contributed by atoms with Crippen molar-refractivity contribution in [3.63, 3.8) is 0 Å². The Kier molecular flexibility index (Phi) is 3.75. The summed E-state index contributed by atoms with van der Waals surface area (Å²) in [5.41, 5.74) is -0.984. The van der Waals surface area contributed by atoms with Crippen LogP contribution >= 0.6 is 0 Å². The number of carbonyl (C=O) groups excluding carboxylic acids is 2. The van der Waals surface area contributed by atoms with Gasteiger partial charge in [0, 0.05) is 5.92 Å². The average molecular weight is 310 g/mol. The molecule has 0 bridgehead atoms. The summed E-state index contributed by atoms with van der Waals surface area (Å²) >= 11 is 0. The Hall–Kier alpha value is -1.10. The normalized spacial score (nSPS) is 45.7. The molecule has 3 rings (SSSR count). The number of carbonyl (C=O) groups is 2. The van der Waals surface area contributed by atoms with Gasteiger partial charge in [0.2, 0.25) is 0 Å². The van der Waals surface area contributed by atoms with Crippen molar-refractivity contribution in [1.29, 1.82) is 0 Å². The molecule has 0 amide bonds. The molecule has 0 unspecified atom stereocenters. The number of rotatable bonds is 5. The summed E-state index contributed by atoms with van der Waals surface area (Å²) in [6, 6.07) is 0. The lowest BCUT2D eigenvalue weighted by atomic mass is 9.72. The minimum Gasteiger partial charge on any atom is -0.469 e. The van der Waals surface area contributed by atoms with Crippen LogP contribution in [0, 0.1) is 17.8 Å². The van der Waals surface area contributed by atoms with Gasteiger partial charge in [-0.25, -0.2) is 0 Å². The second-order valence-electron chi connectivity index (χ2n) is 6.91. The fraction of sp³-hybridized carbons (Fsp3) is 0.882. The molecule has 3 aliphatic rings. The van der Waals surface area contributed by atoms with Crippen LogP contribution < -0.4 is 0 Å². The number of ether oxygens (including phenoxy) is 3. The minimum atomic E-state index is -0.657. The van der Waals surface area contributed by atoms with Gasteiger partial charge < -0.3 is 14.2 Å². The highest BCUT2D eigenvalue weighted by Crippen LogP contribution is 2.66. The second kappa shape index (κ2) is 5.22. The first kappa shape index (κ1) is 15.8. The molecule has 1 saturated carbocycles.